The van der Waals surface area contributed by atoms with Gasteiger partial charge in [-0.2, -0.15) is 5.10 Å². The van der Waals surface area contributed by atoms with Crippen molar-refractivity contribution >= 4 is 0 Å². The lowest BCUT2D eigenvalue weighted by molar-refractivity contribution is 0.258. The smallest absolute Gasteiger partial charge is 0.153 e. The maximum atomic E-state index is 6.08. The Hall–Kier alpha value is -0.900. The molecule has 14 heavy (non-hydrogen) atoms. The van der Waals surface area contributed by atoms with Crippen molar-refractivity contribution in [2.24, 2.45) is 11.7 Å². The lowest BCUT2D eigenvalue weighted by Gasteiger charge is -2.29. The minimum atomic E-state index is 0.0590. The molecule has 1 aliphatic carbocycles. The Morgan fingerprint density at radius 3 is 2.57 bits per heavy atom. The highest BCUT2D eigenvalue weighted by Crippen LogP contribution is 2.34. The molecule has 1 aliphatic rings. The van der Waals surface area contributed by atoms with Gasteiger partial charge in [0.15, 0.2) is 5.82 Å². The summed E-state index contributed by atoms with van der Waals surface area (Å²) in [5.74, 6) is 2.71. The van der Waals surface area contributed by atoms with Crippen LogP contribution in [-0.4, -0.2) is 15.2 Å². The molecule has 1 unspecified atom stereocenters. The fraction of sp³-hybridized carbons (Fsp3) is 0.800. The van der Waals surface area contributed by atoms with E-state index in [2.05, 4.69) is 29.0 Å². The number of aromatic nitrogens is 3. The van der Waals surface area contributed by atoms with Gasteiger partial charge in [-0.25, -0.2) is 4.98 Å². The minimum Gasteiger partial charge on any atom is -0.321 e. The molecule has 1 saturated carbocycles. The second-order valence-electron chi connectivity index (χ2n) is 4.45. The number of aromatic amines is 1. The van der Waals surface area contributed by atoms with Gasteiger partial charge in [-0.05, 0) is 18.8 Å². The molecule has 0 saturated heterocycles. The normalized spacial score (nSPS) is 19.7. The molecule has 0 aromatic carbocycles. The molecule has 0 aliphatic heterocycles. The summed E-state index contributed by atoms with van der Waals surface area (Å²) >= 11 is 0. The number of nitrogens with one attached hydrogen (secondary N) is 1. The summed E-state index contributed by atoms with van der Waals surface area (Å²) < 4.78 is 0. The van der Waals surface area contributed by atoms with Gasteiger partial charge >= 0.3 is 0 Å². The highest BCUT2D eigenvalue weighted by molar-refractivity contribution is 5.01. The lowest BCUT2D eigenvalue weighted by Crippen LogP contribution is -2.27. The Morgan fingerprint density at radius 1 is 1.43 bits per heavy atom. The average Bonchev–Trinajstić information content (AvgIpc) is 2.48. The summed E-state index contributed by atoms with van der Waals surface area (Å²) in [5.41, 5.74) is 6.08. The Labute approximate surface area is 84.3 Å². The summed E-state index contributed by atoms with van der Waals surface area (Å²) in [5, 5.41) is 7.11. The van der Waals surface area contributed by atoms with Crippen LogP contribution in [0.4, 0.5) is 0 Å². The Kier molecular flexibility index (Phi) is 2.54. The van der Waals surface area contributed by atoms with Crippen LogP contribution >= 0.6 is 0 Å². The molecule has 1 aromatic rings. The number of nitrogens with two attached hydrogens (primary N) is 1. The number of hydrogen-bond acceptors (Lipinski definition) is 3. The third-order valence-corrected chi connectivity index (χ3v) is 3.01. The van der Waals surface area contributed by atoms with Crippen molar-refractivity contribution in [2.75, 3.05) is 0 Å². The first-order chi connectivity index (χ1) is 6.68. The number of rotatable bonds is 3. The molecule has 4 nitrogen and oxygen atoms in total. The van der Waals surface area contributed by atoms with Crippen LogP contribution in [-0.2, 0) is 0 Å². The van der Waals surface area contributed by atoms with Crippen molar-refractivity contribution in [3.63, 3.8) is 0 Å². The quantitative estimate of drug-likeness (QED) is 0.770. The standard InChI is InChI=1S/C10H18N4/c1-6(2)9-12-10(14-13-9)8(11)7-4-3-5-7/h6-8H,3-5,11H2,1-2H3,(H,12,13,14). The third-order valence-electron chi connectivity index (χ3n) is 3.01. The van der Waals surface area contributed by atoms with Gasteiger partial charge in [0.05, 0.1) is 6.04 Å². The highest BCUT2D eigenvalue weighted by Gasteiger charge is 2.27. The first kappa shape index (κ1) is 9.65. The molecule has 4 heteroatoms. The molecule has 0 bridgehead atoms. The van der Waals surface area contributed by atoms with Crippen LogP contribution in [0.5, 0.6) is 0 Å². The van der Waals surface area contributed by atoms with E-state index < -0.39 is 0 Å². The Morgan fingerprint density at radius 2 is 2.14 bits per heavy atom. The summed E-state index contributed by atoms with van der Waals surface area (Å²) in [4.78, 5) is 4.42. The van der Waals surface area contributed by atoms with Crippen molar-refractivity contribution in [2.45, 2.75) is 45.1 Å². The first-order valence-corrected chi connectivity index (χ1v) is 5.36. The maximum absolute atomic E-state index is 6.08. The van der Waals surface area contributed by atoms with Crippen molar-refractivity contribution in [1.82, 2.24) is 15.2 Å². The lowest BCUT2D eigenvalue weighted by atomic mass is 9.80. The zero-order valence-corrected chi connectivity index (χ0v) is 8.83. The van der Waals surface area contributed by atoms with Crippen LogP contribution in [0, 0.1) is 5.92 Å². The molecule has 1 fully saturated rings. The summed E-state index contributed by atoms with van der Waals surface area (Å²) in [6.45, 7) is 4.17. The molecule has 1 atom stereocenters. The van der Waals surface area contributed by atoms with E-state index >= 15 is 0 Å². The van der Waals surface area contributed by atoms with E-state index in [-0.39, 0.29) is 6.04 Å². The van der Waals surface area contributed by atoms with Crippen LogP contribution in [0.2, 0.25) is 0 Å². The van der Waals surface area contributed by atoms with E-state index in [9.17, 15) is 0 Å². The topological polar surface area (TPSA) is 67.6 Å². The van der Waals surface area contributed by atoms with Gasteiger partial charge < -0.3 is 5.73 Å². The number of nitrogens with zero attached hydrogens (tertiary/aromatic N) is 2. The fourth-order valence-electron chi connectivity index (χ4n) is 1.72. The van der Waals surface area contributed by atoms with Gasteiger partial charge in [0, 0.05) is 5.92 Å². The van der Waals surface area contributed by atoms with Gasteiger partial charge in [-0.1, -0.05) is 20.3 Å². The Bertz CT molecular complexity index is 301. The molecule has 0 radical (unpaired) electrons. The van der Waals surface area contributed by atoms with E-state index in [4.69, 9.17) is 5.73 Å². The summed E-state index contributed by atoms with van der Waals surface area (Å²) in [6.07, 6.45) is 3.78. The second-order valence-corrected chi connectivity index (χ2v) is 4.45. The molecule has 2 rings (SSSR count). The molecule has 1 aromatic heterocycles. The maximum Gasteiger partial charge on any atom is 0.153 e. The summed E-state index contributed by atoms with van der Waals surface area (Å²) in [7, 11) is 0. The van der Waals surface area contributed by atoms with Crippen LogP contribution in [0.1, 0.15) is 56.7 Å². The fourth-order valence-corrected chi connectivity index (χ4v) is 1.72. The van der Waals surface area contributed by atoms with Gasteiger partial charge in [0.2, 0.25) is 0 Å². The van der Waals surface area contributed by atoms with Crippen LogP contribution in [0.25, 0.3) is 0 Å². The molecule has 0 amide bonds. The predicted molar refractivity (Wildman–Crippen MR) is 54.7 cm³/mol. The number of hydrogen-bond donors (Lipinski definition) is 2. The highest BCUT2D eigenvalue weighted by atomic mass is 15.2. The molecular formula is C10H18N4. The monoisotopic (exact) mass is 194 g/mol. The third kappa shape index (κ3) is 1.66. The molecule has 78 valence electrons. The van der Waals surface area contributed by atoms with E-state index in [1.165, 1.54) is 19.3 Å². The SMILES string of the molecule is CC(C)c1n[nH]c(C(N)C2CCC2)n1. The van der Waals surface area contributed by atoms with Gasteiger partial charge in [0.25, 0.3) is 0 Å². The first-order valence-electron chi connectivity index (χ1n) is 5.36. The van der Waals surface area contributed by atoms with E-state index in [1.54, 1.807) is 0 Å². The van der Waals surface area contributed by atoms with Crippen LogP contribution < -0.4 is 5.73 Å². The zero-order chi connectivity index (χ0) is 10.1. The van der Waals surface area contributed by atoms with Crippen molar-refractivity contribution in [1.29, 1.82) is 0 Å². The largest absolute Gasteiger partial charge is 0.321 e. The average molecular weight is 194 g/mol. The molecular weight excluding hydrogens is 176 g/mol. The second kappa shape index (κ2) is 3.69. The Balaban J connectivity index is 2.07. The van der Waals surface area contributed by atoms with Crippen LogP contribution in [0.15, 0.2) is 0 Å². The van der Waals surface area contributed by atoms with Crippen LogP contribution in [0.3, 0.4) is 0 Å². The summed E-state index contributed by atoms with van der Waals surface area (Å²) in [6, 6.07) is 0.0590. The van der Waals surface area contributed by atoms with Gasteiger partial charge in [-0.15, -0.1) is 0 Å². The minimum absolute atomic E-state index is 0.0590. The van der Waals surface area contributed by atoms with Gasteiger partial charge in [-0.3, -0.25) is 5.10 Å². The van der Waals surface area contributed by atoms with E-state index in [0.29, 0.717) is 11.8 Å². The number of H-pyrrole nitrogens is 1. The van der Waals surface area contributed by atoms with Crippen molar-refractivity contribution < 1.29 is 0 Å². The van der Waals surface area contributed by atoms with E-state index in [1.807, 2.05) is 0 Å². The molecule has 1 heterocycles. The molecule has 0 spiro atoms. The van der Waals surface area contributed by atoms with Crippen molar-refractivity contribution in [3.8, 4) is 0 Å². The van der Waals surface area contributed by atoms with Crippen molar-refractivity contribution in [3.05, 3.63) is 11.6 Å². The predicted octanol–water partition coefficient (Wildman–Crippen LogP) is 1.73. The zero-order valence-electron chi connectivity index (χ0n) is 8.83. The van der Waals surface area contributed by atoms with E-state index in [0.717, 1.165) is 11.6 Å². The van der Waals surface area contributed by atoms with Gasteiger partial charge in [0.1, 0.15) is 5.82 Å². The molecule has 3 N–H and O–H groups in total.